The van der Waals surface area contributed by atoms with Crippen molar-refractivity contribution in [2.45, 2.75) is 43.9 Å². The Hall–Kier alpha value is -1.13. The minimum Gasteiger partial charge on any atom is -0.481 e. The van der Waals surface area contributed by atoms with Crippen molar-refractivity contribution in [1.82, 2.24) is 4.31 Å². The number of hydrogen-bond acceptors (Lipinski definition) is 4. The van der Waals surface area contributed by atoms with Crippen molar-refractivity contribution >= 4 is 16.0 Å². The van der Waals surface area contributed by atoms with E-state index in [0.717, 1.165) is 12.8 Å². The van der Waals surface area contributed by atoms with Crippen LogP contribution < -0.4 is 0 Å². The van der Waals surface area contributed by atoms with Gasteiger partial charge in [-0.1, -0.05) is 6.92 Å². The lowest BCUT2D eigenvalue weighted by molar-refractivity contribution is -0.137. The van der Waals surface area contributed by atoms with Gasteiger partial charge in [0.05, 0.1) is 12.5 Å². The molecular weight excluding hydrogens is 244 g/mol. The summed E-state index contributed by atoms with van der Waals surface area (Å²) < 4.78 is 25.4. The molecule has 1 rings (SSSR count). The zero-order valence-corrected chi connectivity index (χ0v) is 10.5. The molecule has 0 aromatic carbocycles. The number of carboxylic acids is 1. The minimum absolute atomic E-state index is 0.0412. The molecule has 96 valence electrons. The molecule has 17 heavy (non-hydrogen) atoms. The molecule has 0 aliphatic heterocycles. The van der Waals surface area contributed by atoms with Gasteiger partial charge in [0.15, 0.2) is 5.25 Å². The fraction of sp³-hybridized carbons (Fsp3) is 0.800. The van der Waals surface area contributed by atoms with Crippen LogP contribution in [0.1, 0.15) is 32.6 Å². The summed E-state index contributed by atoms with van der Waals surface area (Å²) in [4.78, 5) is 10.5. The largest absolute Gasteiger partial charge is 0.481 e. The highest BCUT2D eigenvalue weighted by atomic mass is 32.2. The fourth-order valence-corrected chi connectivity index (χ4v) is 3.47. The summed E-state index contributed by atoms with van der Waals surface area (Å²) >= 11 is 0. The lowest BCUT2D eigenvalue weighted by atomic mass is 10.4. The topological polar surface area (TPSA) is 98.5 Å². The summed E-state index contributed by atoms with van der Waals surface area (Å²) in [6, 6.07) is 1.66. The van der Waals surface area contributed by atoms with Gasteiger partial charge in [0.2, 0.25) is 10.0 Å². The summed E-state index contributed by atoms with van der Waals surface area (Å²) in [6.45, 7) is 1.59. The summed E-state index contributed by atoms with van der Waals surface area (Å²) in [5.41, 5.74) is 0. The molecular formula is C10H16N2O4S. The average Bonchev–Trinajstić information content (AvgIpc) is 3.02. The van der Waals surface area contributed by atoms with Crippen LogP contribution in [-0.4, -0.2) is 41.6 Å². The third-order valence-corrected chi connectivity index (χ3v) is 4.99. The highest BCUT2D eigenvalue weighted by Crippen LogP contribution is 2.31. The zero-order chi connectivity index (χ0) is 13.1. The maximum atomic E-state index is 12.1. The van der Waals surface area contributed by atoms with E-state index in [1.807, 2.05) is 0 Å². The van der Waals surface area contributed by atoms with Gasteiger partial charge in [-0.15, -0.1) is 0 Å². The van der Waals surface area contributed by atoms with Gasteiger partial charge in [0, 0.05) is 12.6 Å². The molecule has 6 nitrogen and oxygen atoms in total. The molecule has 0 aromatic heterocycles. The molecule has 7 heteroatoms. The first kappa shape index (κ1) is 13.9. The van der Waals surface area contributed by atoms with Crippen LogP contribution in [0.15, 0.2) is 0 Å². The quantitative estimate of drug-likeness (QED) is 0.721. The highest BCUT2D eigenvalue weighted by molar-refractivity contribution is 7.90. The fourth-order valence-electron chi connectivity index (χ4n) is 1.62. The number of carboxylic acid groups (broad SMARTS) is 1. The van der Waals surface area contributed by atoms with Crippen molar-refractivity contribution in [3.05, 3.63) is 0 Å². The van der Waals surface area contributed by atoms with Crippen molar-refractivity contribution < 1.29 is 18.3 Å². The second kappa shape index (κ2) is 5.47. The van der Waals surface area contributed by atoms with Crippen LogP contribution in [0.25, 0.3) is 0 Å². The van der Waals surface area contributed by atoms with Gasteiger partial charge in [0.25, 0.3) is 0 Å². The molecule has 0 amide bonds. The van der Waals surface area contributed by atoms with Crippen LogP contribution >= 0.6 is 0 Å². The molecule has 0 aromatic rings. The summed E-state index contributed by atoms with van der Waals surface area (Å²) in [7, 11) is -3.69. The van der Waals surface area contributed by atoms with E-state index in [2.05, 4.69) is 0 Å². The lowest BCUT2D eigenvalue weighted by Gasteiger charge is -2.23. The molecule has 0 bridgehead atoms. The van der Waals surface area contributed by atoms with Crippen molar-refractivity contribution in [3.63, 3.8) is 0 Å². The molecule has 0 heterocycles. The molecule has 1 saturated carbocycles. The van der Waals surface area contributed by atoms with Crippen LogP contribution in [0.3, 0.4) is 0 Å². The van der Waals surface area contributed by atoms with E-state index in [1.54, 1.807) is 13.0 Å². The molecule has 1 aliphatic carbocycles. The Kier molecular flexibility index (Phi) is 4.48. The average molecular weight is 260 g/mol. The van der Waals surface area contributed by atoms with E-state index >= 15 is 0 Å². The number of rotatable bonds is 7. The number of carbonyl (C=O) groups is 1. The smallest absolute Gasteiger partial charge is 0.304 e. The third kappa shape index (κ3) is 3.41. The highest BCUT2D eigenvalue weighted by Gasteiger charge is 2.40. The molecule has 0 radical (unpaired) electrons. The van der Waals surface area contributed by atoms with E-state index in [0.29, 0.717) is 0 Å². The molecule has 1 atom stereocenters. The Morgan fingerprint density at radius 3 is 2.53 bits per heavy atom. The van der Waals surface area contributed by atoms with E-state index < -0.39 is 21.2 Å². The van der Waals surface area contributed by atoms with Gasteiger partial charge in [0.1, 0.15) is 0 Å². The second-order valence-electron chi connectivity index (χ2n) is 4.06. The Morgan fingerprint density at radius 2 is 2.18 bits per heavy atom. The summed E-state index contributed by atoms with van der Waals surface area (Å²) in [5, 5.41) is 16.3. The van der Waals surface area contributed by atoms with Gasteiger partial charge in [-0.25, -0.2) is 8.42 Å². The first-order valence-corrected chi connectivity index (χ1v) is 7.05. The number of sulfonamides is 1. The van der Waals surface area contributed by atoms with E-state index in [-0.39, 0.29) is 25.4 Å². The van der Waals surface area contributed by atoms with Crippen LogP contribution in [0.2, 0.25) is 0 Å². The number of aliphatic carboxylic acids is 1. The molecule has 1 fully saturated rings. The second-order valence-corrected chi connectivity index (χ2v) is 6.12. The predicted molar refractivity (Wildman–Crippen MR) is 60.6 cm³/mol. The van der Waals surface area contributed by atoms with E-state index in [9.17, 15) is 13.2 Å². The van der Waals surface area contributed by atoms with Crippen molar-refractivity contribution in [2.24, 2.45) is 0 Å². The minimum atomic E-state index is -3.69. The molecule has 0 saturated heterocycles. The monoisotopic (exact) mass is 260 g/mol. The Labute approximate surface area is 101 Å². The van der Waals surface area contributed by atoms with Gasteiger partial charge in [-0.2, -0.15) is 9.57 Å². The molecule has 1 aliphatic rings. The van der Waals surface area contributed by atoms with Crippen LogP contribution in [0.4, 0.5) is 0 Å². The third-order valence-electron chi connectivity index (χ3n) is 2.70. The summed E-state index contributed by atoms with van der Waals surface area (Å²) in [5.74, 6) is -1.03. The number of hydrogen-bond donors (Lipinski definition) is 1. The first-order chi connectivity index (χ1) is 7.93. The van der Waals surface area contributed by atoms with Crippen LogP contribution in [0.5, 0.6) is 0 Å². The Morgan fingerprint density at radius 1 is 1.59 bits per heavy atom. The Balaban J connectivity index is 2.82. The first-order valence-electron chi connectivity index (χ1n) is 5.55. The maximum Gasteiger partial charge on any atom is 0.304 e. The van der Waals surface area contributed by atoms with Gasteiger partial charge < -0.3 is 5.11 Å². The SMILES string of the molecule is CCC(C#N)S(=O)(=O)N(CCC(=O)O)C1CC1. The molecule has 0 spiro atoms. The van der Waals surface area contributed by atoms with Gasteiger partial charge in [-0.05, 0) is 19.3 Å². The van der Waals surface area contributed by atoms with Crippen molar-refractivity contribution in [2.75, 3.05) is 6.54 Å². The zero-order valence-electron chi connectivity index (χ0n) is 9.66. The van der Waals surface area contributed by atoms with Crippen LogP contribution in [0, 0.1) is 11.3 Å². The van der Waals surface area contributed by atoms with Crippen molar-refractivity contribution in [1.29, 1.82) is 5.26 Å². The molecule has 1 unspecified atom stereocenters. The lowest BCUT2D eigenvalue weighted by Crippen LogP contribution is -2.40. The standard InChI is InChI=1S/C10H16N2O4S/c1-2-9(7-11)17(15,16)12(8-3-4-8)6-5-10(13)14/h8-9H,2-6H2,1H3,(H,13,14). The van der Waals surface area contributed by atoms with Gasteiger partial charge in [-0.3, -0.25) is 4.79 Å². The molecule has 1 N–H and O–H groups in total. The summed E-state index contributed by atoms with van der Waals surface area (Å²) in [6.07, 6.45) is 1.49. The number of nitrogens with zero attached hydrogens (tertiary/aromatic N) is 2. The van der Waals surface area contributed by atoms with Crippen molar-refractivity contribution in [3.8, 4) is 6.07 Å². The van der Waals surface area contributed by atoms with E-state index in [4.69, 9.17) is 10.4 Å². The van der Waals surface area contributed by atoms with Gasteiger partial charge >= 0.3 is 5.97 Å². The predicted octanol–water partition coefficient (Wildman–Crippen LogP) is 0.557. The Bertz CT molecular complexity index is 422. The van der Waals surface area contributed by atoms with E-state index in [1.165, 1.54) is 4.31 Å². The van der Waals surface area contributed by atoms with Crippen LogP contribution in [-0.2, 0) is 14.8 Å². The number of nitriles is 1. The normalized spacial score (nSPS) is 17.7. The maximum absolute atomic E-state index is 12.1.